The molecule has 466 valence electrons. The molecule has 29 atom stereocenters. The van der Waals surface area contributed by atoms with Crippen LogP contribution in [0.25, 0.3) is 0 Å². The van der Waals surface area contributed by atoms with Gasteiger partial charge in [0.25, 0.3) is 0 Å². The van der Waals surface area contributed by atoms with Gasteiger partial charge in [-0.15, -0.1) is 0 Å². The van der Waals surface area contributed by atoms with Gasteiger partial charge >= 0.3 is 11.9 Å². The molecule has 19 rings (SSSR count). The number of furan rings is 1. The van der Waals surface area contributed by atoms with Gasteiger partial charge in [-0.25, -0.2) is 4.79 Å². The summed E-state index contributed by atoms with van der Waals surface area (Å²) >= 11 is 0. The van der Waals surface area contributed by atoms with Gasteiger partial charge in [0.1, 0.15) is 29.7 Å². The number of hydrogen-bond donors (Lipinski definition) is 4. The zero-order chi connectivity index (χ0) is 59.4. The number of cyclic esters (lactones) is 1. The molecule has 17 aliphatic rings. The van der Waals surface area contributed by atoms with Crippen LogP contribution in [0.15, 0.2) is 83.2 Å². The van der Waals surface area contributed by atoms with Crippen LogP contribution in [0.1, 0.15) is 140 Å². The number of epoxide rings is 1. The third-order valence-electron chi connectivity index (χ3n) is 30.6. The van der Waals surface area contributed by atoms with Crippen LogP contribution in [0, 0.1) is 134 Å². The van der Waals surface area contributed by atoms with Crippen molar-refractivity contribution in [3.8, 4) is 11.8 Å². The lowest BCUT2D eigenvalue weighted by Crippen LogP contribution is -2.83. The van der Waals surface area contributed by atoms with E-state index in [0.29, 0.717) is 72.6 Å². The SMILES string of the molecule is C[C@@H]1[C@H]([C@H]2C=C3C[C@@H]4CCC[C@]45C[C@@H]4C[C@]6(C)[C@]78O[C@@H]7C(=O)O[C@]6(c6ccoc6C[C@@H]([C@H]6CC[C@H]7[C@H](C=CN9CNC[C@H]79)C6)[C@H](O)CO)CC#C[C@H]6CC[C@H](Cc7ccccc7)C[C@H]6[C@]86[C@H](O)C(=O)[C@@H]7[C@@]2(C)O[C@]32[C@H]5C(=O)OC[C@@]72[C@@H]46)C=C[C@@H]2CCC[C@H]12. The van der Waals surface area contributed by atoms with Gasteiger partial charge < -0.3 is 43.6 Å². The average molecular weight is 1200 g/mol. The zero-order valence-electron chi connectivity index (χ0n) is 51.7. The fraction of sp³-hybridized carbons (Fsp3) is 0.720. The van der Waals surface area contributed by atoms with Crippen molar-refractivity contribution in [2.75, 3.05) is 26.4 Å². The first-order valence-corrected chi connectivity index (χ1v) is 35.1. The van der Waals surface area contributed by atoms with Gasteiger partial charge in [0, 0.05) is 47.2 Å². The number of Topliss-reactive ketones (excluding diaryl/α,β-unsaturated/α-hetero) is 1. The van der Waals surface area contributed by atoms with Crippen LogP contribution in [-0.4, -0.2) is 106 Å². The molecule has 4 N–H and O–H groups in total. The molecule has 7 aliphatic heterocycles. The number of aliphatic hydroxyl groups excluding tert-OH is 3. The highest BCUT2D eigenvalue weighted by Crippen LogP contribution is 2.91. The second-order valence-electron chi connectivity index (χ2n) is 32.9. The lowest BCUT2D eigenvalue weighted by atomic mass is 9.28. The van der Waals surface area contributed by atoms with E-state index < -0.39 is 98.6 Å². The van der Waals surface area contributed by atoms with E-state index in [0.717, 1.165) is 77.4 Å². The van der Waals surface area contributed by atoms with Crippen molar-refractivity contribution in [3.05, 3.63) is 95.6 Å². The molecule has 8 heterocycles. The van der Waals surface area contributed by atoms with Crippen molar-refractivity contribution in [2.24, 2.45) is 122 Å². The summed E-state index contributed by atoms with van der Waals surface area (Å²) in [6.07, 6.45) is 25.1. The molecule has 5 saturated heterocycles. The van der Waals surface area contributed by atoms with E-state index in [1.807, 2.05) is 6.07 Å². The molecule has 2 aromatic rings. The number of carbonyl (C=O) groups excluding carboxylic acids is 3. The molecule has 13 heteroatoms. The minimum atomic E-state index is -1.58. The molecule has 9 bridgehead atoms. The Balaban J connectivity index is 0.826. The van der Waals surface area contributed by atoms with Crippen molar-refractivity contribution >= 4 is 17.7 Å². The van der Waals surface area contributed by atoms with E-state index in [9.17, 15) is 10.2 Å². The maximum atomic E-state index is 17.7. The first-order chi connectivity index (χ1) is 42.6. The van der Waals surface area contributed by atoms with Gasteiger partial charge in [0.15, 0.2) is 17.5 Å². The molecular weight excluding hydrogens is 1100 g/mol. The van der Waals surface area contributed by atoms with Gasteiger partial charge in [-0.1, -0.05) is 93.2 Å². The monoisotopic (exact) mass is 1190 g/mol. The molecule has 13 fully saturated rings. The number of hydrogen-bond acceptors (Lipinski definition) is 13. The summed E-state index contributed by atoms with van der Waals surface area (Å²) in [5.74, 6) is 6.89. The van der Waals surface area contributed by atoms with Crippen molar-refractivity contribution in [2.45, 2.75) is 183 Å². The highest BCUT2D eigenvalue weighted by atomic mass is 16.7. The molecule has 5 spiro atoms. The predicted molar refractivity (Wildman–Crippen MR) is 322 cm³/mol. The third kappa shape index (κ3) is 6.29. The standard InChI is InChI=1S/C75H90N2O11/c1-40-50-15-7-12-43(50)18-20-51(40)56-32-49-31-48-14-9-24-70(48)35-47-34-68(2)72(54-23-27-84-59(54)33-53(58(79)37-78)45-19-21-52-46(30-45)22-26-77-39-76-36-57(52)77)25-8-13-44-17-16-42(28-41-10-5-4-6-11-41)29-55(44)73(75(68)65(86-75)67(83)87-72)61(47)71-38-85-66(82)63(70)74(49,71)88-69(56,3)62(71)60(80)64(73)81/h4-6,10-11,18,20,22-23,26-27,32,40,42-48,50-53,55-58,61-65,76,78-79,81H,7,9,12,14-17,19,21,24-25,28-31,33-39H2,1-3H3/t40-,42+,43-,44-,45-,46+,47-,48-,50+,51+,52-,53-,55+,56+,57+,58+,61+,62+,63-,64+,65+,68-,69-,70-,71+,72-,73-,74-,75+/m0/s1. The first kappa shape index (κ1) is 55.1. The molecule has 10 aliphatic carbocycles. The van der Waals surface area contributed by atoms with Gasteiger partial charge in [0.05, 0.1) is 54.9 Å². The molecule has 0 unspecified atom stereocenters. The van der Waals surface area contributed by atoms with E-state index in [1.54, 1.807) is 6.26 Å². The van der Waals surface area contributed by atoms with Crippen molar-refractivity contribution in [1.82, 2.24) is 10.2 Å². The number of benzene rings is 1. The summed E-state index contributed by atoms with van der Waals surface area (Å²) in [5.41, 5.74) is -6.29. The number of nitrogens with zero attached hydrogens (tertiary/aromatic N) is 1. The highest BCUT2D eigenvalue weighted by Gasteiger charge is 3.00. The minimum absolute atomic E-state index is 0.00784. The van der Waals surface area contributed by atoms with Crippen LogP contribution in [0.5, 0.6) is 0 Å². The zero-order valence-corrected chi connectivity index (χ0v) is 51.7. The molecule has 8 saturated carbocycles. The third-order valence-corrected chi connectivity index (χ3v) is 30.6. The summed E-state index contributed by atoms with van der Waals surface area (Å²) in [4.78, 5) is 52.2. The van der Waals surface area contributed by atoms with Crippen LogP contribution in [0.4, 0.5) is 0 Å². The number of ketones is 1. The number of nitrogens with one attached hydrogen (secondary N) is 1. The largest absolute Gasteiger partial charge is 0.469 e. The van der Waals surface area contributed by atoms with E-state index >= 15 is 19.5 Å². The summed E-state index contributed by atoms with van der Waals surface area (Å²) in [5, 5.41) is 41.7. The average Bonchev–Trinajstić information content (AvgIpc) is 1.40. The molecule has 1 aromatic heterocycles. The molecule has 1 aromatic carbocycles. The van der Waals surface area contributed by atoms with Gasteiger partial charge in [0.2, 0.25) is 0 Å². The van der Waals surface area contributed by atoms with Crippen LogP contribution in [0.2, 0.25) is 0 Å². The van der Waals surface area contributed by atoms with Crippen molar-refractivity contribution < 1.29 is 53.1 Å². The molecule has 13 nitrogen and oxygen atoms in total. The molecular formula is C75H90N2O11. The Morgan fingerprint density at radius 2 is 1.78 bits per heavy atom. The molecule has 0 amide bonds. The Hall–Kier alpha value is -4.55. The lowest BCUT2D eigenvalue weighted by molar-refractivity contribution is -0.315. The summed E-state index contributed by atoms with van der Waals surface area (Å²) in [6.45, 7) is 8.39. The normalized spacial score (nSPS) is 53.5. The number of allylic oxidation sites excluding steroid dienone is 3. The Labute approximate surface area is 517 Å². The number of carbonyl (C=O) groups is 3. The summed E-state index contributed by atoms with van der Waals surface area (Å²) < 4.78 is 37.5. The quantitative estimate of drug-likeness (QED) is 0.0808. The number of aliphatic hydroxyl groups is 3. The number of fused-ring (bicyclic) bond motifs is 7. The van der Waals surface area contributed by atoms with E-state index in [1.165, 1.54) is 30.4 Å². The summed E-state index contributed by atoms with van der Waals surface area (Å²) in [7, 11) is 0. The lowest BCUT2D eigenvalue weighted by Gasteiger charge is -2.74. The van der Waals surface area contributed by atoms with E-state index in [2.05, 4.69) is 104 Å². The second-order valence-corrected chi connectivity index (χ2v) is 32.9. The maximum absolute atomic E-state index is 17.7. The molecule has 0 radical (unpaired) electrons. The van der Waals surface area contributed by atoms with Crippen molar-refractivity contribution in [3.63, 3.8) is 0 Å². The number of esters is 2. The van der Waals surface area contributed by atoms with Crippen LogP contribution in [-0.2, 0) is 51.8 Å². The topological polar surface area (TPSA) is 181 Å². The summed E-state index contributed by atoms with van der Waals surface area (Å²) in [6, 6.07) is 13.2. The minimum Gasteiger partial charge on any atom is -0.469 e. The molecule has 88 heavy (non-hydrogen) atoms. The van der Waals surface area contributed by atoms with Crippen LogP contribution in [0.3, 0.4) is 0 Å². The smallest absolute Gasteiger partial charge is 0.339 e. The second kappa shape index (κ2) is 18.4. The van der Waals surface area contributed by atoms with Crippen molar-refractivity contribution in [1.29, 1.82) is 0 Å². The van der Waals surface area contributed by atoms with Crippen LogP contribution >= 0.6 is 0 Å². The predicted octanol–water partition coefficient (Wildman–Crippen LogP) is 9.42. The Kier molecular flexibility index (Phi) is 11.5. The van der Waals surface area contributed by atoms with Crippen LogP contribution < -0.4 is 5.32 Å². The van der Waals surface area contributed by atoms with Gasteiger partial charge in [-0.2, -0.15) is 0 Å². The Morgan fingerprint density at radius 3 is 2.65 bits per heavy atom. The highest BCUT2D eigenvalue weighted by molar-refractivity contribution is 5.94. The van der Waals surface area contributed by atoms with Gasteiger partial charge in [-0.3, -0.25) is 14.9 Å². The van der Waals surface area contributed by atoms with E-state index in [-0.39, 0.29) is 72.1 Å². The number of ether oxygens (including phenoxy) is 4. The Bertz CT molecular complexity index is 3470. The van der Waals surface area contributed by atoms with E-state index in [4.69, 9.17) is 23.4 Å². The fourth-order valence-corrected chi connectivity index (χ4v) is 27.9. The Morgan fingerprint density at radius 1 is 0.909 bits per heavy atom. The van der Waals surface area contributed by atoms with Gasteiger partial charge in [-0.05, 0) is 203 Å². The maximum Gasteiger partial charge on any atom is 0.339 e. The number of rotatable bonds is 9. The first-order valence-electron chi connectivity index (χ1n) is 35.1. The fourth-order valence-electron chi connectivity index (χ4n) is 27.9.